The number of amides is 2. The smallest absolute Gasteiger partial charge is 0.254 e. The van der Waals surface area contributed by atoms with Gasteiger partial charge in [-0.1, -0.05) is 29.3 Å². The van der Waals surface area contributed by atoms with Crippen LogP contribution >= 0.6 is 23.2 Å². The Morgan fingerprint density at radius 3 is 2.10 bits per heavy atom. The molecule has 0 aliphatic rings. The molecule has 0 unspecified atom stereocenters. The number of sulfonamides is 1. The van der Waals surface area contributed by atoms with E-state index in [2.05, 4.69) is 10.0 Å². The lowest BCUT2D eigenvalue weighted by atomic mass is 10.2. The second-order valence-corrected chi connectivity index (χ2v) is 9.13. The molecule has 29 heavy (non-hydrogen) atoms. The van der Waals surface area contributed by atoms with Crippen LogP contribution in [0.2, 0.25) is 10.0 Å². The zero-order valence-electron chi connectivity index (χ0n) is 16.1. The Bertz CT molecular complexity index is 988. The average molecular weight is 458 g/mol. The topological polar surface area (TPSA) is 95.6 Å². The molecule has 0 heterocycles. The maximum atomic E-state index is 12.5. The lowest BCUT2D eigenvalue weighted by Crippen LogP contribution is -2.35. The van der Waals surface area contributed by atoms with E-state index in [1.807, 2.05) is 0 Å². The van der Waals surface area contributed by atoms with E-state index < -0.39 is 21.8 Å². The van der Waals surface area contributed by atoms with Crippen LogP contribution in [-0.4, -0.2) is 44.8 Å². The molecule has 0 aromatic heterocycles. The molecule has 0 saturated heterocycles. The second kappa shape index (κ2) is 9.58. The first-order valence-corrected chi connectivity index (χ1v) is 10.9. The van der Waals surface area contributed by atoms with Gasteiger partial charge < -0.3 is 10.2 Å². The molecule has 156 valence electrons. The molecule has 0 aliphatic carbocycles. The molecule has 2 N–H and O–H groups in total. The van der Waals surface area contributed by atoms with E-state index >= 15 is 0 Å². The second-order valence-electron chi connectivity index (χ2n) is 6.61. The summed E-state index contributed by atoms with van der Waals surface area (Å²) in [6, 6.07) is 10.1. The van der Waals surface area contributed by atoms with Crippen molar-refractivity contribution in [2.24, 2.45) is 0 Å². The van der Waals surface area contributed by atoms with Crippen LogP contribution in [0.4, 0.5) is 5.69 Å². The van der Waals surface area contributed by atoms with Crippen LogP contribution < -0.4 is 10.0 Å². The first-order valence-electron chi connectivity index (χ1n) is 8.63. The molecule has 10 heteroatoms. The fraction of sp³-hybridized carbons (Fsp3) is 0.263. The molecule has 0 spiro atoms. The standard InChI is InChI=1S/C19H21Cl2N3O4S/c1-12(2)23-29(27,28)14-9-7-13(8-10-14)19(26)24(3)11-17(25)22-18-15(20)5-4-6-16(18)21/h4-10,12,23H,11H2,1-3H3,(H,22,25). The predicted molar refractivity (Wildman–Crippen MR) is 114 cm³/mol. The van der Waals surface area contributed by atoms with E-state index in [1.165, 1.54) is 36.2 Å². The number of halogens is 2. The first-order chi connectivity index (χ1) is 13.5. The van der Waals surface area contributed by atoms with Gasteiger partial charge in [0.25, 0.3) is 5.91 Å². The number of likely N-dealkylation sites (N-methyl/N-ethyl adjacent to an activating group) is 1. The van der Waals surface area contributed by atoms with Crippen LogP contribution in [0.5, 0.6) is 0 Å². The van der Waals surface area contributed by atoms with E-state index in [4.69, 9.17) is 23.2 Å². The third-order valence-electron chi connectivity index (χ3n) is 3.76. The summed E-state index contributed by atoms with van der Waals surface area (Å²) in [6.07, 6.45) is 0. The van der Waals surface area contributed by atoms with Gasteiger partial charge in [-0.2, -0.15) is 0 Å². The molecule has 2 aromatic rings. The molecule has 0 saturated carbocycles. The normalized spacial score (nSPS) is 11.4. The van der Waals surface area contributed by atoms with Crippen LogP contribution in [0, 0.1) is 0 Å². The molecule has 0 aliphatic heterocycles. The summed E-state index contributed by atoms with van der Waals surface area (Å²) in [4.78, 5) is 26.0. The number of hydrogen-bond acceptors (Lipinski definition) is 4. The Morgan fingerprint density at radius 2 is 1.59 bits per heavy atom. The number of anilines is 1. The monoisotopic (exact) mass is 457 g/mol. The van der Waals surface area contributed by atoms with Crippen molar-refractivity contribution in [1.29, 1.82) is 0 Å². The molecule has 2 amide bonds. The molecular weight excluding hydrogens is 437 g/mol. The van der Waals surface area contributed by atoms with Crippen molar-refractivity contribution < 1.29 is 18.0 Å². The minimum absolute atomic E-state index is 0.0523. The number of carbonyl (C=O) groups is 2. The minimum atomic E-state index is -3.65. The Kier molecular flexibility index (Phi) is 7.65. The van der Waals surface area contributed by atoms with E-state index in [0.29, 0.717) is 0 Å². The summed E-state index contributed by atoms with van der Waals surface area (Å²) in [5.74, 6) is -0.914. The minimum Gasteiger partial charge on any atom is -0.332 e. The first kappa shape index (κ1) is 23.2. The van der Waals surface area contributed by atoms with Crippen LogP contribution in [0.15, 0.2) is 47.4 Å². The van der Waals surface area contributed by atoms with Gasteiger partial charge in [0.05, 0.1) is 27.2 Å². The van der Waals surface area contributed by atoms with Gasteiger partial charge in [0.15, 0.2) is 0 Å². The van der Waals surface area contributed by atoms with Crippen molar-refractivity contribution in [3.8, 4) is 0 Å². The Morgan fingerprint density at radius 1 is 1.03 bits per heavy atom. The zero-order valence-corrected chi connectivity index (χ0v) is 18.4. The predicted octanol–water partition coefficient (Wildman–Crippen LogP) is 3.39. The third kappa shape index (κ3) is 6.17. The van der Waals surface area contributed by atoms with Crippen molar-refractivity contribution >= 4 is 50.7 Å². The van der Waals surface area contributed by atoms with Gasteiger partial charge in [-0.05, 0) is 50.2 Å². The summed E-state index contributed by atoms with van der Waals surface area (Å²) >= 11 is 12.0. The number of nitrogens with one attached hydrogen (secondary N) is 2. The van der Waals surface area contributed by atoms with Gasteiger partial charge in [0.1, 0.15) is 0 Å². The summed E-state index contributed by atoms with van der Waals surface area (Å²) in [7, 11) is -2.19. The molecule has 7 nitrogen and oxygen atoms in total. The molecule has 2 aromatic carbocycles. The van der Waals surface area contributed by atoms with E-state index in [0.717, 1.165) is 0 Å². The van der Waals surface area contributed by atoms with Gasteiger partial charge in [-0.3, -0.25) is 9.59 Å². The van der Waals surface area contributed by atoms with Gasteiger partial charge in [-0.25, -0.2) is 13.1 Å². The van der Waals surface area contributed by atoms with Gasteiger partial charge >= 0.3 is 0 Å². The van der Waals surface area contributed by atoms with Crippen LogP contribution in [0.25, 0.3) is 0 Å². The van der Waals surface area contributed by atoms with Gasteiger partial charge in [-0.15, -0.1) is 0 Å². The van der Waals surface area contributed by atoms with Crippen molar-refractivity contribution in [2.75, 3.05) is 18.9 Å². The highest BCUT2D eigenvalue weighted by Crippen LogP contribution is 2.29. The number of rotatable bonds is 7. The number of carbonyl (C=O) groups excluding carboxylic acids is 2. The summed E-state index contributed by atoms with van der Waals surface area (Å²) in [5.41, 5.74) is 0.522. The van der Waals surface area contributed by atoms with Crippen LogP contribution in [0.3, 0.4) is 0 Å². The third-order valence-corrected chi connectivity index (χ3v) is 6.06. The molecule has 2 rings (SSSR count). The summed E-state index contributed by atoms with van der Waals surface area (Å²) in [6.45, 7) is 3.19. The zero-order chi connectivity index (χ0) is 21.8. The molecule has 0 fully saturated rings. The fourth-order valence-corrected chi connectivity index (χ4v) is 4.20. The quantitative estimate of drug-likeness (QED) is 0.665. The lowest BCUT2D eigenvalue weighted by molar-refractivity contribution is -0.116. The highest BCUT2D eigenvalue weighted by Gasteiger charge is 2.19. The number of hydrogen-bond donors (Lipinski definition) is 2. The Hall–Kier alpha value is -2.13. The fourth-order valence-electron chi connectivity index (χ4n) is 2.46. The van der Waals surface area contributed by atoms with Crippen molar-refractivity contribution in [3.63, 3.8) is 0 Å². The number of nitrogens with zero attached hydrogens (tertiary/aromatic N) is 1. The summed E-state index contributed by atoms with van der Waals surface area (Å²) < 4.78 is 26.8. The van der Waals surface area contributed by atoms with Crippen LogP contribution in [-0.2, 0) is 14.8 Å². The highest BCUT2D eigenvalue weighted by atomic mass is 35.5. The molecule has 0 bridgehead atoms. The largest absolute Gasteiger partial charge is 0.332 e. The highest BCUT2D eigenvalue weighted by molar-refractivity contribution is 7.89. The van der Waals surface area contributed by atoms with Gasteiger partial charge in [0.2, 0.25) is 15.9 Å². The van der Waals surface area contributed by atoms with E-state index in [9.17, 15) is 18.0 Å². The maximum absolute atomic E-state index is 12.5. The van der Waals surface area contributed by atoms with Gasteiger partial charge in [0, 0.05) is 18.7 Å². The lowest BCUT2D eigenvalue weighted by Gasteiger charge is -2.18. The number of benzene rings is 2. The molecular formula is C19H21Cl2N3O4S. The maximum Gasteiger partial charge on any atom is 0.254 e. The van der Waals surface area contributed by atoms with Crippen molar-refractivity contribution in [3.05, 3.63) is 58.1 Å². The van der Waals surface area contributed by atoms with E-state index in [-0.39, 0.29) is 38.8 Å². The average Bonchev–Trinajstić information content (AvgIpc) is 2.63. The Balaban J connectivity index is 2.05. The van der Waals surface area contributed by atoms with Crippen molar-refractivity contribution in [2.45, 2.75) is 24.8 Å². The summed E-state index contributed by atoms with van der Waals surface area (Å²) in [5, 5.41) is 3.15. The SMILES string of the molecule is CC(C)NS(=O)(=O)c1ccc(C(=O)N(C)CC(=O)Nc2c(Cl)cccc2Cl)cc1. The Labute approximate surface area is 180 Å². The molecule has 0 radical (unpaired) electrons. The van der Waals surface area contributed by atoms with Crippen molar-refractivity contribution in [1.82, 2.24) is 9.62 Å². The van der Waals surface area contributed by atoms with E-state index in [1.54, 1.807) is 32.0 Å². The van der Waals surface area contributed by atoms with Crippen LogP contribution in [0.1, 0.15) is 24.2 Å². The molecule has 0 atom stereocenters. The number of para-hydroxylation sites is 1.